The Bertz CT molecular complexity index is 258. The van der Waals surface area contributed by atoms with Crippen LogP contribution < -0.4 is 5.32 Å². The van der Waals surface area contributed by atoms with Crippen LogP contribution in [-0.2, 0) is 4.74 Å². The Morgan fingerprint density at radius 2 is 1.95 bits per heavy atom. The van der Waals surface area contributed by atoms with Crippen LogP contribution in [0.15, 0.2) is 0 Å². The van der Waals surface area contributed by atoms with Crippen molar-refractivity contribution in [2.24, 2.45) is 17.3 Å². The number of nitrogens with one attached hydrogen (secondary N) is 1. The second-order valence-electron chi connectivity index (χ2n) is 7.45. The van der Waals surface area contributed by atoms with E-state index in [2.05, 4.69) is 26.1 Å². The van der Waals surface area contributed by atoms with Gasteiger partial charge in [0, 0.05) is 19.3 Å². The van der Waals surface area contributed by atoms with Gasteiger partial charge in [0.2, 0.25) is 0 Å². The van der Waals surface area contributed by atoms with Crippen LogP contribution in [0.2, 0.25) is 0 Å². The van der Waals surface area contributed by atoms with Crippen molar-refractivity contribution in [3.05, 3.63) is 0 Å². The second-order valence-corrected chi connectivity index (χ2v) is 7.45. The van der Waals surface area contributed by atoms with E-state index in [1.54, 1.807) is 0 Å². The fourth-order valence-corrected chi connectivity index (χ4v) is 3.59. The number of ether oxygens (including phenoxy) is 1. The Balaban J connectivity index is 1.76. The highest BCUT2D eigenvalue weighted by Gasteiger charge is 2.35. The predicted octanol–water partition coefficient (Wildman–Crippen LogP) is 4.00. The Hall–Kier alpha value is -0.0800. The third-order valence-electron chi connectivity index (χ3n) is 4.99. The van der Waals surface area contributed by atoms with Gasteiger partial charge in [0.25, 0.3) is 0 Å². The first-order chi connectivity index (χ1) is 9.11. The SMILES string of the molecule is CCOCCCC1CC(C)(C)CCC1CNC1CC1. The lowest BCUT2D eigenvalue weighted by molar-refractivity contribution is 0.0906. The molecule has 0 heterocycles. The molecule has 2 heteroatoms. The zero-order valence-electron chi connectivity index (χ0n) is 13.2. The molecule has 0 radical (unpaired) electrons. The fraction of sp³-hybridized carbons (Fsp3) is 1.00. The van der Waals surface area contributed by atoms with Gasteiger partial charge in [-0.05, 0) is 75.7 Å². The molecule has 19 heavy (non-hydrogen) atoms. The molecule has 0 aromatic heterocycles. The molecule has 0 bridgehead atoms. The van der Waals surface area contributed by atoms with Crippen LogP contribution in [0.25, 0.3) is 0 Å². The van der Waals surface area contributed by atoms with Crippen LogP contribution in [0.1, 0.15) is 65.7 Å². The molecule has 0 aliphatic heterocycles. The lowest BCUT2D eigenvalue weighted by Gasteiger charge is -2.41. The zero-order valence-corrected chi connectivity index (χ0v) is 13.2. The van der Waals surface area contributed by atoms with Crippen molar-refractivity contribution >= 4 is 0 Å². The Morgan fingerprint density at radius 3 is 2.63 bits per heavy atom. The Kier molecular flexibility index (Phi) is 5.70. The monoisotopic (exact) mass is 267 g/mol. The number of rotatable bonds is 8. The van der Waals surface area contributed by atoms with E-state index >= 15 is 0 Å². The molecule has 2 saturated carbocycles. The van der Waals surface area contributed by atoms with Crippen molar-refractivity contribution in [3.63, 3.8) is 0 Å². The van der Waals surface area contributed by atoms with E-state index in [1.807, 2.05) is 0 Å². The third kappa shape index (κ3) is 5.43. The van der Waals surface area contributed by atoms with E-state index in [1.165, 1.54) is 51.5 Å². The maximum atomic E-state index is 5.50. The summed E-state index contributed by atoms with van der Waals surface area (Å²) in [4.78, 5) is 0. The van der Waals surface area contributed by atoms with Crippen molar-refractivity contribution in [1.82, 2.24) is 5.32 Å². The van der Waals surface area contributed by atoms with Gasteiger partial charge in [0.05, 0.1) is 0 Å². The van der Waals surface area contributed by atoms with E-state index in [0.29, 0.717) is 5.41 Å². The highest BCUT2D eigenvalue weighted by molar-refractivity contribution is 4.88. The van der Waals surface area contributed by atoms with Crippen molar-refractivity contribution < 1.29 is 4.74 Å². The lowest BCUT2D eigenvalue weighted by Crippen LogP contribution is -2.36. The summed E-state index contributed by atoms with van der Waals surface area (Å²) in [6, 6.07) is 0.860. The fourth-order valence-electron chi connectivity index (χ4n) is 3.59. The third-order valence-corrected chi connectivity index (χ3v) is 4.99. The van der Waals surface area contributed by atoms with Gasteiger partial charge in [0.1, 0.15) is 0 Å². The molecule has 1 N–H and O–H groups in total. The minimum Gasteiger partial charge on any atom is -0.382 e. The first-order valence-electron chi connectivity index (χ1n) is 8.42. The molecule has 2 unspecified atom stereocenters. The molecule has 112 valence electrons. The van der Waals surface area contributed by atoms with Crippen molar-refractivity contribution in [2.75, 3.05) is 19.8 Å². The maximum Gasteiger partial charge on any atom is 0.0465 e. The number of hydrogen-bond donors (Lipinski definition) is 1. The average molecular weight is 267 g/mol. The van der Waals surface area contributed by atoms with E-state index in [0.717, 1.165) is 31.1 Å². The van der Waals surface area contributed by atoms with Crippen LogP contribution in [0.3, 0.4) is 0 Å². The molecule has 0 aromatic rings. The minimum absolute atomic E-state index is 0.562. The summed E-state index contributed by atoms with van der Waals surface area (Å²) in [5.74, 6) is 1.82. The zero-order chi connectivity index (χ0) is 13.7. The average Bonchev–Trinajstić information content (AvgIpc) is 3.17. The van der Waals surface area contributed by atoms with Crippen molar-refractivity contribution in [2.45, 2.75) is 71.8 Å². The summed E-state index contributed by atoms with van der Waals surface area (Å²) >= 11 is 0. The van der Waals surface area contributed by atoms with E-state index in [-0.39, 0.29) is 0 Å². The Morgan fingerprint density at radius 1 is 1.16 bits per heavy atom. The summed E-state index contributed by atoms with van der Waals surface area (Å²) in [5, 5.41) is 3.75. The second kappa shape index (κ2) is 7.08. The maximum absolute atomic E-state index is 5.50. The molecular weight excluding hydrogens is 234 g/mol. The lowest BCUT2D eigenvalue weighted by atomic mass is 9.66. The summed E-state index contributed by atoms with van der Waals surface area (Å²) < 4.78 is 5.50. The molecule has 0 amide bonds. The predicted molar refractivity (Wildman–Crippen MR) is 81.4 cm³/mol. The highest BCUT2D eigenvalue weighted by Crippen LogP contribution is 2.43. The molecule has 2 aliphatic carbocycles. The molecule has 0 spiro atoms. The van der Waals surface area contributed by atoms with Crippen LogP contribution in [0.5, 0.6) is 0 Å². The van der Waals surface area contributed by atoms with E-state index in [9.17, 15) is 0 Å². The van der Waals surface area contributed by atoms with Gasteiger partial charge < -0.3 is 10.1 Å². The smallest absolute Gasteiger partial charge is 0.0465 e. The van der Waals surface area contributed by atoms with Crippen LogP contribution in [0, 0.1) is 17.3 Å². The van der Waals surface area contributed by atoms with Crippen molar-refractivity contribution in [3.8, 4) is 0 Å². The highest BCUT2D eigenvalue weighted by atomic mass is 16.5. The normalized spacial score (nSPS) is 30.5. The number of hydrogen-bond acceptors (Lipinski definition) is 2. The van der Waals surface area contributed by atoms with Gasteiger partial charge in [-0.1, -0.05) is 13.8 Å². The molecule has 2 nitrogen and oxygen atoms in total. The molecule has 2 rings (SSSR count). The van der Waals surface area contributed by atoms with Crippen LogP contribution >= 0.6 is 0 Å². The van der Waals surface area contributed by atoms with Gasteiger partial charge in [-0.15, -0.1) is 0 Å². The van der Waals surface area contributed by atoms with Gasteiger partial charge in [-0.3, -0.25) is 0 Å². The first-order valence-corrected chi connectivity index (χ1v) is 8.42. The molecule has 0 aromatic carbocycles. The van der Waals surface area contributed by atoms with Crippen LogP contribution in [0.4, 0.5) is 0 Å². The quantitative estimate of drug-likeness (QED) is 0.671. The Labute approximate surface area is 119 Å². The van der Waals surface area contributed by atoms with Gasteiger partial charge in [-0.2, -0.15) is 0 Å². The minimum atomic E-state index is 0.562. The summed E-state index contributed by atoms with van der Waals surface area (Å²) in [6.07, 6.45) is 9.67. The standard InChI is InChI=1S/C17H33NO/c1-4-19-11-5-6-14-12-17(2,3)10-9-15(14)13-18-16-7-8-16/h14-16,18H,4-13H2,1-3H3. The van der Waals surface area contributed by atoms with Gasteiger partial charge in [0.15, 0.2) is 0 Å². The summed E-state index contributed by atoms with van der Waals surface area (Å²) in [7, 11) is 0. The van der Waals surface area contributed by atoms with Crippen LogP contribution in [-0.4, -0.2) is 25.8 Å². The molecule has 0 saturated heterocycles. The van der Waals surface area contributed by atoms with E-state index < -0.39 is 0 Å². The summed E-state index contributed by atoms with van der Waals surface area (Å²) in [5.41, 5.74) is 0.562. The molecule has 2 aliphatic rings. The van der Waals surface area contributed by atoms with Gasteiger partial charge in [-0.25, -0.2) is 0 Å². The summed E-state index contributed by atoms with van der Waals surface area (Å²) in [6.45, 7) is 10.1. The largest absolute Gasteiger partial charge is 0.382 e. The van der Waals surface area contributed by atoms with E-state index in [4.69, 9.17) is 4.74 Å². The van der Waals surface area contributed by atoms with Gasteiger partial charge >= 0.3 is 0 Å². The first kappa shape index (κ1) is 15.3. The molecule has 2 fully saturated rings. The molecular formula is C17H33NO. The van der Waals surface area contributed by atoms with Crippen molar-refractivity contribution in [1.29, 1.82) is 0 Å². The molecule has 2 atom stereocenters. The topological polar surface area (TPSA) is 21.3 Å².